The van der Waals surface area contributed by atoms with E-state index in [-0.39, 0.29) is 11.8 Å². The fraction of sp³-hybridized carbons (Fsp3) is 0.125. The van der Waals surface area contributed by atoms with Crippen LogP contribution in [0.5, 0.6) is 0 Å². The van der Waals surface area contributed by atoms with Gasteiger partial charge in [-0.05, 0) is 18.2 Å². The van der Waals surface area contributed by atoms with Crippen molar-refractivity contribution in [3.05, 3.63) is 30.2 Å². The molecule has 1 aromatic heterocycles. The zero-order valence-corrected chi connectivity index (χ0v) is 6.67. The molecule has 3 nitrogen and oxygen atoms in total. The van der Waals surface area contributed by atoms with E-state index in [9.17, 15) is 23.1 Å². The SMILES string of the molecule is O=C(/C=C(\[O-])c1ccco1)C(F)(F)F. The molecular formula is C8H4F3O3-. The Balaban J connectivity index is 2.85. The summed E-state index contributed by atoms with van der Waals surface area (Å²) >= 11 is 0. The summed E-state index contributed by atoms with van der Waals surface area (Å²) in [5.41, 5.74) is 0. The summed E-state index contributed by atoms with van der Waals surface area (Å²) in [6, 6.07) is 2.50. The van der Waals surface area contributed by atoms with Crippen LogP contribution >= 0.6 is 0 Å². The van der Waals surface area contributed by atoms with Crippen molar-refractivity contribution in [2.24, 2.45) is 0 Å². The van der Waals surface area contributed by atoms with E-state index in [0.717, 1.165) is 6.26 Å². The lowest BCUT2D eigenvalue weighted by atomic mass is 10.3. The summed E-state index contributed by atoms with van der Waals surface area (Å²) < 4.78 is 39.6. The summed E-state index contributed by atoms with van der Waals surface area (Å²) in [6.45, 7) is 0. The first-order chi connectivity index (χ1) is 6.41. The monoisotopic (exact) mass is 205 g/mol. The zero-order valence-electron chi connectivity index (χ0n) is 6.67. The number of carbonyl (C=O) groups is 1. The third-order valence-corrected chi connectivity index (χ3v) is 1.31. The van der Waals surface area contributed by atoms with Gasteiger partial charge in [0.1, 0.15) is 5.76 Å². The molecule has 1 rings (SSSR count). The van der Waals surface area contributed by atoms with Crippen molar-refractivity contribution in [2.45, 2.75) is 6.18 Å². The van der Waals surface area contributed by atoms with E-state index >= 15 is 0 Å². The lowest BCUT2D eigenvalue weighted by Crippen LogP contribution is -2.21. The van der Waals surface area contributed by atoms with Crippen molar-refractivity contribution in [1.82, 2.24) is 0 Å². The molecule has 0 aliphatic rings. The van der Waals surface area contributed by atoms with Crippen molar-refractivity contribution in [1.29, 1.82) is 0 Å². The first-order valence-electron chi connectivity index (χ1n) is 3.45. The standard InChI is InChI=1S/C8H5F3O3/c9-8(10,11)7(13)4-5(12)6-2-1-3-14-6/h1-4,12H/p-1/b5-4-. The van der Waals surface area contributed by atoms with Crippen LogP contribution in [0.4, 0.5) is 13.2 Å². The summed E-state index contributed by atoms with van der Waals surface area (Å²) in [6.07, 6.45) is -3.94. The quantitative estimate of drug-likeness (QED) is 0.536. The lowest BCUT2D eigenvalue weighted by molar-refractivity contribution is -0.246. The van der Waals surface area contributed by atoms with Crippen LogP contribution in [0, 0.1) is 0 Å². The molecule has 0 unspecified atom stereocenters. The normalized spacial score (nSPS) is 12.9. The molecule has 14 heavy (non-hydrogen) atoms. The second-order valence-corrected chi connectivity index (χ2v) is 2.35. The van der Waals surface area contributed by atoms with Crippen molar-refractivity contribution in [3.63, 3.8) is 0 Å². The Morgan fingerprint density at radius 3 is 2.57 bits per heavy atom. The van der Waals surface area contributed by atoms with Gasteiger partial charge in [-0.25, -0.2) is 0 Å². The van der Waals surface area contributed by atoms with Gasteiger partial charge in [-0.1, -0.05) is 5.76 Å². The molecule has 76 valence electrons. The highest BCUT2D eigenvalue weighted by molar-refractivity contribution is 5.98. The number of rotatable bonds is 2. The highest BCUT2D eigenvalue weighted by Crippen LogP contribution is 2.18. The van der Waals surface area contributed by atoms with Crippen LogP contribution in [0.15, 0.2) is 28.9 Å². The fourth-order valence-electron chi connectivity index (χ4n) is 0.691. The van der Waals surface area contributed by atoms with Crippen LogP contribution in [0.1, 0.15) is 5.76 Å². The second kappa shape index (κ2) is 3.57. The maximum atomic E-state index is 11.7. The molecule has 0 saturated heterocycles. The van der Waals surface area contributed by atoms with Crippen LogP contribution in [-0.4, -0.2) is 12.0 Å². The third kappa shape index (κ3) is 2.38. The van der Waals surface area contributed by atoms with Crippen LogP contribution in [0.2, 0.25) is 0 Å². The maximum Gasteiger partial charge on any atom is 0.454 e. The second-order valence-electron chi connectivity index (χ2n) is 2.35. The molecule has 0 aromatic carbocycles. The molecule has 6 heteroatoms. The number of hydrogen-bond donors (Lipinski definition) is 0. The van der Waals surface area contributed by atoms with Gasteiger partial charge in [-0.15, -0.1) is 0 Å². The first-order valence-corrected chi connectivity index (χ1v) is 3.45. The van der Waals surface area contributed by atoms with Crippen LogP contribution in [-0.2, 0) is 4.79 Å². The van der Waals surface area contributed by atoms with E-state index in [0.29, 0.717) is 0 Å². The number of ketones is 1. The van der Waals surface area contributed by atoms with E-state index < -0.39 is 17.7 Å². The van der Waals surface area contributed by atoms with E-state index in [4.69, 9.17) is 0 Å². The number of carbonyl (C=O) groups excluding carboxylic acids is 1. The lowest BCUT2D eigenvalue weighted by Gasteiger charge is -2.08. The molecule has 0 spiro atoms. The van der Waals surface area contributed by atoms with E-state index in [1.54, 1.807) is 0 Å². The van der Waals surface area contributed by atoms with Gasteiger partial charge >= 0.3 is 6.18 Å². The van der Waals surface area contributed by atoms with Crippen LogP contribution in [0.3, 0.4) is 0 Å². The third-order valence-electron chi connectivity index (χ3n) is 1.31. The van der Waals surface area contributed by atoms with Gasteiger partial charge in [0, 0.05) is 0 Å². The summed E-state index contributed by atoms with van der Waals surface area (Å²) in [4.78, 5) is 10.3. The van der Waals surface area contributed by atoms with E-state index in [2.05, 4.69) is 4.42 Å². The molecule has 0 saturated carbocycles. The van der Waals surface area contributed by atoms with Crippen molar-refractivity contribution >= 4 is 11.5 Å². The minimum absolute atomic E-state index is 0.0428. The van der Waals surface area contributed by atoms with Crippen molar-refractivity contribution in [3.8, 4) is 0 Å². The molecule has 0 bridgehead atoms. The molecule has 1 aromatic rings. The number of allylic oxidation sites excluding steroid dienone is 1. The summed E-state index contributed by atoms with van der Waals surface area (Å²) in [5.74, 6) is -3.60. The summed E-state index contributed by atoms with van der Waals surface area (Å²) in [7, 11) is 0. The molecule has 0 amide bonds. The molecule has 0 aliphatic heterocycles. The van der Waals surface area contributed by atoms with Gasteiger partial charge in [-0.3, -0.25) is 4.79 Å². The Morgan fingerprint density at radius 2 is 2.14 bits per heavy atom. The molecule has 0 atom stereocenters. The maximum absolute atomic E-state index is 11.7. The van der Waals surface area contributed by atoms with Crippen molar-refractivity contribution < 1.29 is 27.5 Å². The molecule has 1 heterocycles. The minimum atomic E-state index is -5.03. The van der Waals surface area contributed by atoms with Crippen LogP contribution < -0.4 is 5.11 Å². The first kappa shape index (κ1) is 10.4. The Kier molecular flexibility index (Phi) is 2.64. The van der Waals surface area contributed by atoms with E-state index in [1.807, 2.05) is 0 Å². The Labute approximate surface area is 76.4 Å². The molecule has 0 N–H and O–H groups in total. The average Bonchev–Trinajstić information content (AvgIpc) is 2.53. The number of halogens is 3. The van der Waals surface area contributed by atoms with Gasteiger partial charge in [0.25, 0.3) is 5.78 Å². The Bertz CT molecular complexity index is 348. The van der Waals surface area contributed by atoms with Crippen LogP contribution in [0.25, 0.3) is 5.76 Å². The van der Waals surface area contributed by atoms with Gasteiger partial charge < -0.3 is 9.52 Å². The smallest absolute Gasteiger partial charge is 0.454 e. The number of alkyl halides is 3. The summed E-state index contributed by atoms with van der Waals surface area (Å²) in [5, 5.41) is 10.9. The molecule has 0 radical (unpaired) electrons. The Morgan fingerprint density at radius 1 is 1.50 bits per heavy atom. The predicted molar refractivity (Wildman–Crippen MR) is 37.7 cm³/mol. The fourth-order valence-corrected chi connectivity index (χ4v) is 0.691. The highest BCUT2D eigenvalue weighted by atomic mass is 19.4. The van der Waals surface area contributed by atoms with Gasteiger partial charge in [0.05, 0.1) is 6.26 Å². The highest BCUT2D eigenvalue weighted by Gasteiger charge is 2.36. The Hall–Kier alpha value is -1.72. The van der Waals surface area contributed by atoms with E-state index in [1.165, 1.54) is 12.1 Å². The van der Waals surface area contributed by atoms with Crippen molar-refractivity contribution in [2.75, 3.05) is 0 Å². The molecular weight excluding hydrogens is 201 g/mol. The number of furan rings is 1. The largest absolute Gasteiger partial charge is 0.870 e. The van der Waals surface area contributed by atoms with Gasteiger partial charge in [0.2, 0.25) is 0 Å². The predicted octanol–water partition coefficient (Wildman–Crippen LogP) is 1.11. The average molecular weight is 205 g/mol. The molecule has 0 aliphatic carbocycles. The minimum Gasteiger partial charge on any atom is -0.870 e. The van der Waals surface area contributed by atoms with Gasteiger partial charge in [0.15, 0.2) is 0 Å². The number of hydrogen-bond acceptors (Lipinski definition) is 3. The topological polar surface area (TPSA) is 53.3 Å². The zero-order chi connectivity index (χ0) is 10.8. The van der Waals surface area contributed by atoms with Gasteiger partial charge in [-0.2, -0.15) is 13.2 Å². The molecule has 0 fully saturated rings.